The zero-order valence-electron chi connectivity index (χ0n) is 13.1. The number of guanidine groups is 1. The van der Waals surface area contributed by atoms with Gasteiger partial charge in [0.15, 0.2) is 5.96 Å². The second kappa shape index (κ2) is 8.30. The van der Waals surface area contributed by atoms with Crippen LogP contribution in [-0.2, 0) is 0 Å². The third-order valence-corrected chi connectivity index (χ3v) is 4.25. The molecule has 20 heavy (non-hydrogen) atoms. The minimum absolute atomic E-state index is 0.534. The Morgan fingerprint density at radius 2 is 2.10 bits per heavy atom. The van der Waals surface area contributed by atoms with Crippen molar-refractivity contribution >= 4 is 5.96 Å². The number of piperidine rings is 1. The highest BCUT2D eigenvalue weighted by Crippen LogP contribution is 2.16. The van der Waals surface area contributed by atoms with Gasteiger partial charge in [0.2, 0.25) is 0 Å². The number of hydrogen-bond acceptors (Lipinski definition) is 2. The first-order valence-electron chi connectivity index (χ1n) is 8.24. The maximum absolute atomic E-state index is 4.81. The van der Waals surface area contributed by atoms with Gasteiger partial charge in [0.05, 0.1) is 0 Å². The van der Waals surface area contributed by atoms with Crippen molar-refractivity contribution in [1.29, 1.82) is 0 Å². The standard InChI is InChI=1S/C16H30N4/c1-3-17-16(19-15-9-5-6-10-15)18-12-14-8-7-11-20(4-2)13-14/h5-6,14-15H,3-4,7-13H2,1-2H3,(H2,17,18,19). The summed E-state index contributed by atoms with van der Waals surface area (Å²) in [4.78, 5) is 7.36. The summed E-state index contributed by atoms with van der Waals surface area (Å²) in [7, 11) is 0. The van der Waals surface area contributed by atoms with E-state index in [0.717, 1.165) is 37.8 Å². The Morgan fingerprint density at radius 3 is 2.80 bits per heavy atom. The Balaban J connectivity index is 1.81. The molecule has 2 rings (SSSR count). The topological polar surface area (TPSA) is 39.7 Å². The molecule has 4 heteroatoms. The minimum Gasteiger partial charge on any atom is -0.357 e. The van der Waals surface area contributed by atoms with E-state index < -0.39 is 0 Å². The molecule has 0 bridgehead atoms. The highest BCUT2D eigenvalue weighted by molar-refractivity contribution is 5.80. The third-order valence-electron chi connectivity index (χ3n) is 4.25. The highest BCUT2D eigenvalue weighted by atomic mass is 15.2. The summed E-state index contributed by atoms with van der Waals surface area (Å²) in [6.45, 7) is 9.91. The van der Waals surface area contributed by atoms with Crippen LogP contribution in [-0.4, -0.2) is 49.6 Å². The van der Waals surface area contributed by atoms with Crippen molar-refractivity contribution in [3.8, 4) is 0 Å². The van der Waals surface area contributed by atoms with Gasteiger partial charge >= 0.3 is 0 Å². The molecule has 2 aliphatic rings. The van der Waals surface area contributed by atoms with Gasteiger partial charge in [0.1, 0.15) is 0 Å². The van der Waals surface area contributed by atoms with E-state index in [-0.39, 0.29) is 0 Å². The highest BCUT2D eigenvalue weighted by Gasteiger charge is 2.18. The second-order valence-corrected chi connectivity index (χ2v) is 5.91. The fourth-order valence-electron chi connectivity index (χ4n) is 3.06. The van der Waals surface area contributed by atoms with Crippen LogP contribution >= 0.6 is 0 Å². The van der Waals surface area contributed by atoms with Gasteiger partial charge in [-0.2, -0.15) is 0 Å². The van der Waals surface area contributed by atoms with E-state index in [1.165, 1.54) is 32.5 Å². The maximum atomic E-state index is 4.81. The van der Waals surface area contributed by atoms with Crippen LogP contribution in [0.3, 0.4) is 0 Å². The van der Waals surface area contributed by atoms with Crippen molar-refractivity contribution in [1.82, 2.24) is 15.5 Å². The first-order chi connectivity index (χ1) is 9.81. The predicted octanol–water partition coefficient (Wildman–Crippen LogP) is 1.99. The lowest BCUT2D eigenvalue weighted by atomic mass is 9.98. The van der Waals surface area contributed by atoms with Crippen molar-refractivity contribution in [2.45, 2.75) is 45.6 Å². The normalized spacial score (nSPS) is 25.1. The van der Waals surface area contributed by atoms with Crippen LogP contribution in [0.5, 0.6) is 0 Å². The molecule has 114 valence electrons. The molecule has 0 aromatic rings. The molecule has 0 radical (unpaired) electrons. The fraction of sp³-hybridized carbons (Fsp3) is 0.812. The summed E-state index contributed by atoms with van der Waals surface area (Å²) in [6.07, 6.45) is 9.40. The Hall–Kier alpha value is -1.03. The molecule has 0 amide bonds. The minimum atomic E-state index is 0.534. The molecule has 1 aliphatic heterocycles. The molecule has 1 saturated heterocycles. The van der Waals surface area contributed by atoms with Crippen molar-refractivity contribution in [2.75, 3.05) is 32.7 Å². The van der Waals surface area contributed by atoms with E-state index >= 15 is 0 Å². The lowest BCUT2D eigenvalue weighted by Crippen LogP contribution is -2.43. The Kier molecular flexibility index (Phi) is 6.37. The molecule has 1 atom stereocenters. The number of nitrogens with one attached hydrogen (secondary N) is 2. The van der Waals surface area contributed by atoms with Crippen LogP contribution in [0, 0.1) is 5.92 Å². The van der Waals surface area contributed by atoms with Crippen molar-refractivity contribution in [2.24, 2.45) is 10.9 Å². The summed E-state index contributed by atoms with van der Waals surface area (Å²) in [5, 5.41) is 6.92. The van der Waals surface area contributed by atoms with Crippen LogP contribution in [0.25, 0.3) is 0 Å². The van der Waals surface area contributed by atoms with E-state index in [4.69, 9.17) is 4.99 Å². The molecule has 0 aromatic heterocycles. The first-order valence-corrected chi connectivity index (χ1v) is 8.24. The zero-order chi connectivity index (χ0) is 14.2. The Labute approximate surface area is 123 Å². The third kappa shape index (κ3) is 4.82. The van der Waals surface area contributed by atoms with E-state index in [2.05, 4.69) is 41.5 Å². The zero-order valence-corrected chi connectivity index (χ0v) is 13.1. The number of nitrogens with zero attached hydrogens (tertiary/aromatic N) is 2. The van der Waals surface area contributed by atoms with Gasteiger partial charge in [-0.15, -0.1) is 0 Å². The van der Waals surface area contributed by atoms with E-state index in [1.54, 1.807) is 0 Å². The molecule has 1 fully saturated rings. The lowest BCUT2D eigenvalue weighted by Gasteiger charge is -2.31. The Bertz CT molecular complexity index is 329. The van der Waals surface area contributed by atoms with Gasteiger partial charge in [-0.25, -0.2) is 0 Å². The number of likely N-dealkylation sites (tertiary alicyclic amines) is 1. The first kappa shape index (κ1) is 15.4. The summed E-state index contributed by atoms with van der Waals surface area (Å²) in [6, 6.07) is 0.534. The summed E-state index contributed by atoms with van der Waals surface area (Å²) >= 11 is 0. The number of aliphatic imine (C=N–C) groups is 1. The van der Waals surface area contributed by atoms with Crippen LogP contribution in [0.1, 0.15) is 39.5 Å². The summed E-state index contributed by atoms with van der Waals surface area (Å²) in [5.41, 5.74) is 0. The van der Waals surface area contributed by atoms with Crippen LogP contribution in [0.4, 0.5) is 0 Å². The predicted molar refractivity (Wildman–Crippen MR) is 86.1 cm³/mol. The van der Waals surface area contributed by atoms with Crippen LogP contribution < -0.4 is 10.6 Å². The van der Waals surface area contributed by atoms with E-state index in [9.17, 15) is 0 Å². The maximum Gasteiger partial charge on any atom is 0.191 e. The molecule has 0 spiro atoms. The van der Waals surface area contributed by atoms with Crippen molar-refractivity contribution in [3.05, 3.63) is 12.2 Å². The Morgan fingerprint density at radius 1 is 1.30 bits per heavy atom. The second-order valence-electron chi connectivity index (χ2n) is 5.91. The van der Waals surface area contributed by atoms with Gasteiger partial charge in [-0.05, 0) is 51.6 Å². The quantitative estimate of drug-likeness (QED) is 0.459. The molecule has 1 heterocycles. The summed E-state index contributed by atoms with van der Waals surface area (Å²) < 4.78 is 0. The van der Waals surface area contributed by atoms with Gasteiger partial charge in [0.25, 0.3) is 0 Å². The molecule has 1 unspecified atom stereocenters. The molecular weight excluding hydrogens is 248 g/mol. The smallest absolute Gasteiger partial charge is 0.191 e. The fourth-order valence-corrected chi connectivity index (χ4v) is 3.06. The average Bonchev–Trinajstić information content (AvgIpc) is 2.98. The van der Waals surface area contributed by atoms with Gasteiger partial charge in [-0.3, -0.25) is 4.99 Å². The SMILES string of the molecule is CCNC(=NCC1CCCN(CC)C1)NC1CC=CC1. The monoisotopic (exact) mass is 278 g/mol. The van der Waals surface area contributed by atoms with Gasteiger partial charge in [-0.1, -0.05) is 19.1 Å². The van der Waals surface area contributed by atoms with Crippen molar-refractivity contribution in [3.63, 3.8) is 0 Å². The van der Waals surface area contributed by atoms with Gasteiger partial charge < -0.3 is 15.5 Å². The lowest BCUT2D eigenvalue weighted by molar-refractivity contribution is 0.186. The van der Waals surface area contributed by atoms with Gasteiger partial charge in [0, 0.05) is 25.7 Å². The molecular formula is C16H30N4. The molecule has 4 nitrogen and oxygen atoms in total. The van der Waals surface area contributed by atoms with E-state index in [1.807, 2.05) is 0 Å². The molecule has 2 N–H and O–H groups in total. The largest absolute Gasteiger partial charge is 0.357 e. The molecule has 0 saturated carbocycles. The molecule has 1 aliphatic carbocycles. The van der Waals surface area contributed by atoms with Crippen LogP contribution in [0.15, 0.2) is 17.1 Å². The molecule has 0 aromatic carbocycles. The van der Waals surface area contributed by atoms with E-state index in [0.29, 0.717) is 6.04 Å². The van der Waals surface area contributed by atoms with Crippen LogP contribution in [0.2, 0.25) is 0 Å². The number of rotatable bonds is 5. The number of hydrogen-bond donors (Lipinski definition) is 2. The van der Waals surface area contributed by atoms with Crippen molar-refractivity contribution < 1.29 is 0 Å². The summed E-state index contributed by atoms with van der Waals surface area (Å²) in [5.74, 6) is 1.72. The average molecular weight is 278 g/mol.